The summed E-state index contributed by atoms with van der Waals surface area (Å²) in [6.07, 6.45) is 5.26. The van der Waals surface area contributed by atoms with Gasteiger partial charge in [0.05, 0.1) is 6.04 Å². The molecule has 5 N–H and O–H groups in total. The molecule has 1 aliphatic rings. The van der Waals surface area contributed by atoms with Crippen molar-refractivity contribution >= 4 is 17.6 Å². The van der Waals surface area contributed by atoms with Gasteiger partial charge in [-0.2, -0.15) is 0 Å². The molecule has 182 valence electrons. The van der Waals surface area contributed by atoms with Crippen LogP contribution >= 0.6 is 0 Å². The van der Waals surface area contributed by atoms with Gasteiger partial charge in [0.2, 0.25) is 11.8 Å². The molecular formula is C27H32N6O2. The maximum atomic E-state index is 12.7. The van der Waals surface area contributed by atoms with E-state index in [0.717, 1.165) is 41.8 Å². The first-order valence-electron chi connectivity index (χ1n) is 11.9. The molecule has 0 saturated carbocycles. The van der Waals surface area contributed by atoms with Gasteiger partial charge in [-0.15, -0.1) is 0 Å². The molecule has 3 aromatic rings. The van der Waals surface area contributed by atoms with E-state index in [-0.39, 0.29) is 17.9 Å². The van der Waals surface area contributed by atoms with Gasteiger partial charge in [-0.05, 0) is 73.5 Å². The van der Waals surface area contributed by atoms with Crippen LogP contribution in [-0.2, 0) is 22.6 Å². The lowest BCUT2D eigenvalue weighted by Gasteiger charge is -2.17. The molecule has 2 amide bonds. The van der Waals surface area contributed by atoms with E-state index < -0.39 is 6.04 Å². The quantitative estimate of drug-likeness (QED) is 0.399. The zero-order valence-electron chi connectivity index (χ0n) is 20.1. The summed E-state index contributed by atoms with van der Waals surface area (Å²) in [5.41, 5.74) is 10.8. The fraction of sp³-hybridized carbons (Fsp3) is 0.333. The highest BCUT2D eigenvalue weighted by atomic mass is 16.2. The van der Waals surface area contributed by atoms with Crippen LogP contribution in [0.5, 0.6) is 0 Å². The van der Waals surface area contributed by atoms with Gasteiger partial charge < -0.3 is 21.7 Å². The van der Waals surface area contributed by atoms with Gasteiger partial charge >= 0.3 is 0 Å². The summed E-state index contributed by atoms with van der Waals surface area (Å²) in [6.45, 7) is 4.64. The van der Waals surface area contributed by atoms with Crippen molar-refractivity contribution in [1.29, 1.82) is 0 Å². The van der Waals surface area contributed by atoms with E-state index in [4.69, 9.17) is 5.73 Å². The Labute approximate surface area is 205 Å². The summed E-state index contributed by atoms with van der Waals surface area (Å²) < 4.78 is 0. The molecular weight excluding hydrogens is 440 g/mol. The van der Waals surface area contributed by atoms with Crippen molar-refractivity contribution in [3.05, 3.63) is 77.7 Å². The number of rotatable bonds is 8. The summed E-state index contributed by atoms with van der Waals surface area (Å²) in [5.74, 6) is 0.424. The van der Waals surface area contributed by atoms with Crippen molar-refractivity contribution < 1.29 is 9.59 Å². The molecule has 0 spiro atoms. The second kappa shape index (κ2) is 11.1. The molecule has 1 saturated heterocycles. The normalized spacial score (nSPS) is 18.1. The SMILES string of the molecule is Cc1nc(N)ccc1CNC(=O)[C@H](C)NC(=O)[C@H]1C[C@H](Cc2ccc(-c3cccnc3)cc2)CN1. The molecule has 1 fully saturated rings. The number of nitrogen functional groups attached to an aromatic ring is 1. The minimum absolute atomic E-state index is 0.146. The third-order valence-electron chi connectivity index (χ3n) is 6.43. The number of carbonyl (C=O) groups excluding carboxylic acids is 2. The number of carbonyl (C=O) groups is 2. The highest BCUT2D eigenvalue weighted by molar-refractivity contribution is 5.89. The smallest absolute Gasteiger partial charge is 0.242 e. The molecule has 8 nitrogen and oxygen atoms in total. The molecule has 0 bridgehead atoms. The molecule has 3 heterocycles. The molecule has 3 atom stereocenters. The summed E-state index contributed by atoms with van der Waals surface area (Å²) in [6, 6.07) is 15.1. The number of pyridine rings is 2. The Morgan fingerprint density at radius 3 is 2.66 bits per heavy atom. The summed E-state index contributed by atoms with van der Waals surface area (Å²) in [5, 5.41) is 9.00. The largest absolute Gasteiger partial charge is 0.384 e. The van der Waals surface area contributed by atoms with Crippen LogP contribution in [0, 0.1) is 12.8 Å². The minimum atomic E-state index is -0.634. The van der Waals surface area contributed by atoms with Crippen molar-refractivity contribution in [3.8, 4) is 11.1 Å². The van der Waals surface area contributed by atoms with Gasteiger partial charge in [-0.3, -0.25) is 14.6 Å². The fourth-order valence-electron chi connectivity index (χ4n) is 4.38. The standard InChI is InChI=1S/C27H32N6O2/c1-17-22(9-10-25(28)32-17)16-31-26(34)18(2)33-27(35)24-13-20(14-30-24)12-19-5-7-21(8-6-19)23-4-3-11-29-15-23/h3-11,15,18,20,24,30H,12-14,16H2,1-2H3,(H2,28,32)(H,31,34)(H,33,35)/t18-,20-,24+/m0/s1. The van der Waals surface area contributed by atoms with Crippen molar-refractivity contribution in [3.63, 3.8) is 0 Å². The first-order valence-corrected chi connectivity index (χ1v) is 11.9. The summed E-state index contributed by atoms with van der Waals surface area (Å²) >= 11 is 0. The lowest BCUT2D eigenvalue weighted by atomic mass is 9.95. The van der Waals surface area contributed by atoms with Crippen molar-refractivity contribution in [2.75, 3.05) is 12.3 Å². The third-order valence-corrected chi connectivity index (χ3v) is 6.43. The number of anilines is 1. The van der Waals surface area contributed by atoms with E-state index in [2.05, 4.69) is 50.2 Å². The second-order valence-corrected chi connectivity index (χ2v) is 9.13. The molecule has 4 rings (SSSR count). The average Bonchev–Trinajstić information content (AvgIpc) is 3.33. The second-order valence-electron chi connectivity index (χ2n) is 9.13. The number of aryl methyl sites for hydroxylation is 1. The van der Waals surface area contributed by atoms with E-state index in [0.29, 0.717) is 18.3 Å². The van der Waals surface area contributed by atoms with E-state index in [1.807, 2.05) is 31.3 Å². The van der Waals surface area contributed by atoms with Crippen LogP contribution in [0.4, 0.5) is 5.82 Å². The molecule has 1 aromatic carbocycles. The number of nitrogens with two attached hydrogens (primary N) is 1. The number of nitrogens with one attached hydrogen (secondary N) is 3. The maximum Gasteiger partial charge on any atom is 0.242 e. The van der Waals surface area contributed by atoms with Crippen LogP contribution in [0.25, 0.3) is 11.1 Å². The third kappa shape index (κ3) is 6.42. The Balaban J connectivity index is 1.23. The number of hydrogen-bond donors (Lipinski definition) is 4. The number of nitrogens with zero attached hydrogens (tertiary/aromatic N) is 2. The van der Waals surface area contributed by atoms with E-state index in [9.17, 15) is 9.59 Å². The van der Waals surface area contributed by atoms with Crippen molar-refractivity contribution in [2.24, 2.45) is 5.92 Å². The predicted molar refractivity (Wildman–Crippen MR) is 136 cm³/mol. The Hall–Kier alpha value is -3.78. The summed E-state index contributed by atoms with van der Waals surface area (Å²) in [7, 11) is 0. The molecule has 0 radical (unpaired) electrons. The number of amides is 2. The monoisotopic (exact) mass is 472 g/mol. The van der Waals surface area contributed by atoms with Gasteiger partial charge in [-0.1, -0.05) is 36.4 Å². The topological polar surface area (TPSA) is 122 Å². The summed E-state index contributed by atoms with van der Waals surface area (Å²) in [4.78, 5) is 33.6. The molecule has 0 aliphatic carbocycles. The number of hydrogen-bond acceptors (Lipinski definition) is 6. The van der Waals surface area contributed by atoms with Gasteiger partial charge in [0.1, 0.15) is 11.9 Å². The zero-order valence-corrected chi connectivity index (χ0v) is 20.1. The van der Waals surface area contributed by atoms with Crippen molar-refractivity contribution in [2.45, 2.75) is 45.3 Å². The lowest BCUT2D eigenvalue weighted by Crippen LogP contribution is -2.50. The fourth-order valence-corrected chi connectivity index (χ4v) is 4.38. The minimum Gasteiger partial charge on any atom is -0.384 e. The zero-order chi connectivity index (χ0) is 24.8. The van der Waals surface area contributed by atoms with Crippen LogP contribution in [0.1, 0.15) is 30.2 Å². The van der Waals surface area contributed by atoms with Crippen LogP contribution in [-0.4, -0.2) is 40.4 Å². The van der Waals surface area contributed by atoms with Gasteiger partial charge in [0.15, 0.2) is 0 Å². The molecule has 2 aromatic heterocycles. The Bertz CT molecular complexity index is 1170. The van der Waals surface area contributed by atoms with Gasteiger partial charge in [0.25, 0.3) is 0 Å². The Morgan fingerprint density at radius 1 is 1.14 bits per heavy atom. The molecule has 8 heteroatoms. The van der Waals surface area contributed by atoms with E-state index >= 15 is 0 Å². The average molecular weight is 473 g/mol. The highest BCUT2D eigenvalue weighted by Gasteiger charge is 2.30. The molecule has 35 heavy (non-hydrogen) atoms. The van der Waals surface area contributed by atoms with Gasteiger partial charge in [0, 0.05) is 24.6 Å². The van der Waals surface area contributed by atoms with Crippen LogP contribution < -0.4 is 21.7 Å². The van der Waals surface area contributed by atoms with Gasteiger partial charge in [-0.25, -0.2) is 4.98 Å². The Morgan fingerprint density at radius 2 is 1.94 bits per heavy atom. The van der Waals surface area contributed by atoms with E-state index in [1.54, 1.807) is 19.2 Å². The van der Waals surface area contributed by atoms with E-state index in [1.165, 1.54) is 5.56 Å². The highest BCUT2D eigenvalue weighted by Crippen LogP contribution is 2.23. The van der Waals surface area contributed by atoms with Crippen molar-refractivity contribution in [1.82, 2.24) is 25.9 Å². The first-order chi connectivity index (χ1) is 16.9. The molecule has 1 aliphatic heterocycles. The maximum absolute atomic E-state index is 12.7. The molecule has 0 unspecified atom stereocenters. The van der Waals surface area contributed by atoms with Crippen LogP contribution in [0.2, 0.25) is 0 Å². The first kappa shape index (κ1) is 24.3. The predicted octanol–water partition coefficient (Wildman–Crippen LogP) is 2.38. The lowest BCUT2D eigenvalue weighted by molar-refractivity contribution is -0.129. The van der Waals surface area contributed by atoms with Crippen LogP contribution in [0.15, 0.2) is 60.9 Å². The number of benzene rings is 1. The number of aromatic nitrogens is 2. The van der Waals surface area contributed by atoms with Crippen LogP contribution in [0.3, 0.4) is 0 Å². The Kier molecular flexibility index (Phi) is 7.72.